The van der Waals surface area contributed by atoms with E-state index >= 15 is 0 Å². The van der Waals surface area contributed by atoms with Crippen molar-refractivity contribution in [2.75, 3.05) is 18.0 Å². The van der Waals surface area contributed by atoms with Gasteiger partial charge in [0.05, 0.1) is 0 Å². The molecule has 1 heterocycles. The SMILES string of the molecule is CCC(C)CN(CC)c1cccc(Cl)n1. The van der Waals surface area contributed by atoms with Crippen LogP contribution in [0.1, 0.15) is 27.2 Å². The van der Waals surface area contributed by atoms with Crippen molar-refractivity contribution in [3.63, 3.8) is 0 Å². The summed E-state index contributed by atoms with van der Waals surface area (Å²) in [6.07, 6.45) is 1.19. The molecule has 2 nitrogen and oxygen atoms in total. The number of anilines is 1. The van der Waals surface area contributed by atoms with Gasteiger partial charge in [0, 0.05) is 13.1 Å². The number of aromatic nitrogens is 1. The lowest BCUT2D eigenvalue weighted by atomic mass is 10.1. The van der Waals surface area contributed by atoms with Crippen LogP contribution in [0.25, 0.3) is 0 Å². The summed E-state index contributed by atoms with van der Waals surface area (Å²) in [5.74, 6) is 1.66. The zero-order chi connectivity index (χ0) is 11.3. The number of hydrogen-bond acceptors (Lipinski definition) is 2. The summed E-state index contributed by atoms with van der Waals surface area (Å²) >= 11 is 5.88. The van der Waals surface area contributed by atoms with Crippen LogP contribution in [0.15, 0.2) is 18.2 Å². The van der Waals surface area contributed by atoms with Crippen molar-refractivity contribution in [1.82, 2.24) is 4.98 Å². The summed E-state index contributed by atoms with van der Waals surface area (Å²) in [6, 6.07) is 5.77. The van der Waals surface area contributed by atoms with E-state index in [2.05, 4.69) is 30.7 Å². The second kappa shape index (κ2) is 5.96. The molecule has 1 aromatic rings. The Morgan fingerprint density at radius 3 is 2.67 bits per heavy atom. The Labute approximate surface area is 97.3 Å². The van der Waals surface area contributed by atoms with E-state index in [1.165, 1.54) is 6.42 Å². The summed E-state index contributed by atoms with van der Waals surface area (Å²) < 4.78 is 0. The van der Waals surface area contributed by atoms with E-state index in [9.17, 15) is 0 Å². The van der Waals surface area contributed by atoms with E-state index in [1.807, 2.05) is 18.2 Å². The molecule has 0 aliphatic rings. The standard InChI is InChI=1S/C12H19ClN2/c1-4-10(3)9-15(5-2)12-8-6-7-11(13)14-12/h6-8,10H,4-5,9H2,1-3H3. The fourth-order valence-electron chi connectivity index (χ4n) is 1.46. The summed E-state index contributed by atoms with van der Waals surface area (Å²) in [6.45, 7) is 8.63. The summed E-state index contributed by atoms with van der Waals surface area (Å²) in [4.78, 5) is 6.59. The smallest absolute Gasteiger partial charge is 0.131 e. The molecule has 0 aliphatic carbocycles. The highest BCUT2D eigenvalue weighted by molar-refractivity contribution is 6.29. The van der Waals surface area contributed by atoms with Crippen LogP contribution in [-0.4, -0.2) is 18.1 Å². The quantitative estimate of drug-likeness (QED) is 0.714. The molecule has 0 radical (unpaired) electrons. The van der Waals surface area contributed by atoms with E-state index in [0.29, 0.717) is 11.1 Å². The first-order valence-corrected chi connectivity index (χ1v) is 5.92. The maximum absolute atomic E-state index is 5.88. The van der Waals surface area contributed by atoms with Crippen LogP contribution in [0.5, 0.6) is 0 Å². The Kier molecular flexibility index (Phi) is 4.89. The first-order chi connectivity index (χ1) is 7.17. The molecule has 1 atom stereocenters. The molecule has 1 aromatic heterocycles. The van der Waals surface area contributed by atoms with Gasteiger partial charge in [-0.2, -0.15) is 0 Å². The van der Waals surface area contributed by atoms with Crippen molar-refractivity contribution in [2.24, 2.45) is 5.92 Å². The van der Waals surface area contributed by atoms with Crippen molar-refractivity contribution in [1.29, 1.82) is 0 Å². The highest BCUT2D eigenvalue weighted by Gasteiger charge is 2.09. The fraction of sp³-hybridized carbons (Fsp3) is 0.583. The van der Waals surface area contributed by atoms with Crippen molar-refractivity contribution in [2.45, 2.75) is 27.2 Å². The van der Waals surface area contributed by atoms with Crippen LogP contribution in [-0.2, 0) is 0 Å². The first kappa shape index (κ1) is 12.3. The molecule has 1 rings (SSSR count). The highest BCUT2D eigenvalue weighted by Crippen LogP contribution is 2.16. The third-order valence-electron chi connectivity index (χ3n) is 2.64. The van der Waals surface area contributed by atoms with Gasteiger partial charge in [-0.1, -0.05) is 37.9 Å². The van der Waals surface area contributed by atoms with E-state index in [1.54, 1.807) is 0 Å². The molecular weight excluding hydrogens is 208 g/mol. The summed E-state index contributed by atoms with van der Waals surface area (Å²) in [7, 11) is 0. The van der Waals surface area contributed by atoms with Gasteiger partial charge in [-0.25, -0.2) is 4.98 Å². The molecule has 84 valence electrons. The third-order valence-corrected chi connectivity index (χ3v) is 2.85. The fourth-order valence-corrected chi connectivity index (χ4v) is 1.62. The number of pyridine rings is 1. The average molecular weight is 227 g/mol. The zero-order valence-corrected chi connectivity index (χ0v) is 10.5. The van der Waals surface area contributed by atoms with Crippen LogP contribution < -0.4 is 4.90 Å². The molecule has 0 spiro atoms. The Balaban J connectivity index is 2.73. The van der Waals surface area contributed by atoms with Crippen molar-refractivity contribution >= 4 is 17.4 Å². The molecule has 1 unspecified atom stereocenters. The van der Waals surface area contributed by atoms with Gasteiger partial charge in [0.25, 0.3) is 0 Å². The lowest BCUT2D eigenvalue weighted by Gasteiger charge is -2.25. The minimum atomic E-state index is 0.565. The third kappa shape index (κ3) is 3.71. The van der Waals surface area contributed by atoms with Crippen molar-refractivity contribution < 1.29 is 0 Å². The molecule has 0 aromatic carbocycles. The number of hydrogen-bond donors (Lipinski definition) is 0. The van der Waals surface area contributed by atoms with Gasteiger partial charge in [-0.3, -0.25) is 0 Å². The lowest BCUT2D eigenvalue weighted by Crippen LogP contribution is -2.28. The molecule has 0 N–H and O–H groups in total. The van der Waals surface area contributed by atoms with E-state index in [0.717, 1.165) is 18.9 Å². The van der Waals surface area contributed by atoms with Gasteiger partial charge in [-0.15, -0.1) is 0 Å². The molecule has 0 fully saturated rings. The predicted octanol–water partition coefficient (Wildman–Crippen LogP) is 3.61. The predicted molar refractivity (Wildman–Crippen MR) is 66.6 cm³/mol. The number of nitrogens with zero attached hydrogens (tertiary/aromatic N) is 2. The molecular formula is C12H19ClN2. The Morgan fingerprint density at radius 2 is 2.13 bits per heavy atom. The van der Waals surface area contributed by atoms with E-state index in [4.69, 9.17) is 11.6 Å². The van der Waals surface area contributed by atoms with Gasteiger partial charge in [0.2, 0.25) is 0 Å². The van der Waals surface area contributed by atoms with Gasteiger partial charge in [-0.05, 0) is 25.0 Å². The zero-order valence-electron chi connectivity index (χ0n) is 9.70. The second-order valence-electron chi connectivity index (χ2n) is 3.87. The first-order valence-electron chi connectivity index (χ1n) is 5.54. The molecule has 0 amide bonds. The monoisotopic (exact) mass is 226 g/mol. The summed E-state index contributed by atoms with van der Waals surface area (Å²) in [5.41, 5.74) is 0. The number of rotatable bonds is 5. The molecule has 0 saturated carbocycles. The average Bonchev–Trinajstić information content (AvgIpc) is 2.25. The maximum atomic E-state index is 5.88. The Bertz CT molecular complexity index is 301. The minimum Gasteiger partial charge on any atom is -0.357 e. The van der Waals surface area contributed by atoms with Crippen molar-refractivity contribution in [3.05, 3.63) is 23.4 Å². The summed E-state index contributed by atoms with van der Waals surface area (Å²) in [5, 5.41) is 0.565. The molecule has 3 heteroatoms. The largest absolute Gasteiger partial charge is 0.357 e. The number of halogens is 1. The van der Waals surface area contributed by atoms with Gasteiger partial charge in [0.1, 0.15) is 11.0 Å². The minimum absolute atomic E-state index is 0.565. The molecule has 0 aliphatic heterocycles. The van der Waals surface area contributed by atoms with Crippen LogP contribution in [0.3, 0.4) is 0 Å². The van der Waals surface area contributed by atoms with Gasteiger partial charge < -0.3 is 4.90 Å². The second-order valence-corrected chi connectivity index (χ2v) is 4.26. The van der Waals surface area contributed by atoms with E-state index < -0.39 is 0 Å². The normalized spacial score (nSPS) is 12.5. The van der Waals surface area contributed by atoms with E-state index in [-0.39, 0.29) is 0 Å². The van der Waals surface area contributed by atoms with Crippen LogP contribution in [0.4, 0.5) is 5.82 Å². The molecule has 15 heavy (non-hydrogen) atoms. The van der Waals surface area contributed by atoms with Gasteiger partial charge in [0.15, 0.2) is 0 Å². The maximum Gasteiger partial charge on any atom is 0.131 e. The van der Waals surface area contributed by atoms with Crippen LogP contribution in [0, 0.1) is 5.92 Å². The Morgan fingerprint density at radius 1 is 1.40 bits per heavy atom. The van der Waals surface area contributed by atoms with Crippen LogP contribution in [0.2, 0.25) is 5.15 Å². The van der Waals surface area contributed by atoms with Crippen LogP contribution >= 0.6 is 11.6 Å². The molecule has 0 bridgehead atoms. The lowest BCUT2D eigenvalue weighted by molar-refractivity contribution is 0.545. The highest BCUT2D eigenvalue weighted by atomic mass is 35.5. The topological polar surface area (TPSA) is 16.1 Å². The molecule has 0 saturated heterocycles. The van der Waals surface area contributed by atoms with Crippen molar-refractivity contribution in [3.8, 4) is 0 Å². The Hall–Kier alpha value is -0.760. The van der Waals surface area contributed by atoms with Gasteiger partial charge >= 0.3 is 0 Å².